The highest BCUT2D eigenvalue weighted by Gasteiger charge is 2.09. The number of ether oxygens (including phenoxy) is 2. The van der Waals surface area contributed by atoms with Gasteiger partial charge in [0.15, 0.2) is 0 Å². The lowest BCUT2D eigenvalue weighted by atomic mass is 10.2. The number of primary amides is 1. The zero-order valence-electron chi connectivity index (χ0n) is 14.5. The Kier molecular flexibility index (Phi) is 7.19. The summed E-state index contributed by atoms with van der Waals surface area (Å²) in [4.78, 5) is 15.3. The molecular weight excluding hydrogens is 338 g/mol. The number of aliphatic hydroxyl groups is 1. The first kappa shape index (κ1) is 19.5. The smallest absolute Gasteiger partial charge is 0.252 e. The summed E-state index contributed by atoms with van der Waals surface area (Å²) in [7, 11) is 0. The highest BCUT2D eigenvalue weighted by Crippen LogP contribution is 2.22. The number of carbonyl (C=O) groups excluding carboxylic acids is 1. The number of carbonyl (C=O) groups is 1. The average Bonchev–Trinajstić information content (AvgIpc) is 2.61. The monoisotopic (exact) mass is 361 g/mol. The summed E-state index contributed by atoms with van der Waals surface area (Å²) in [6.07, 6.45) is 0.948. The van der Waals surface area contributed by atoms with Crippen LogP contribution in [0.2, 0.25) is 0 Å². The first-order chi connectivity index (χ1) is 12.5. The zero-order valence-corrected chi connectivity index (χ0v) is 14.5. The number of nitrogens with one attached hydrogen (secondary N) is 1. The summed E-state index contributed by atoms with van der Waals surface area (Å²) in [6, 6.07) is 7.98. The quantitative estimate of drug-likeness (QED) is 0.456. The van der Waals surface area contributed by atoms with Crippen LogP contribution in [-0.2, 0) is 0 Å². The van der Waals surface area contributed by atoms with Gasteiger partial charge in [0.25, 0.3) is 5.91 Å². The van der Waals surface area contributed by atoms with Crippen LogP contribution in [0.4, 0.5) is 0 Å². The molecule has 0 bridgehead atoms. The third-order valence-corrected chi connectivity index (χ3v) is 3.53. The molecule has 1 aromatic carbocycles. The van der Waals surface area contributed by atoms with E-state index in [1.54, 1.807) is 12.3 Å². The number of nitrogens with zero attached hydrogens (tertiary/aromatic N) is 1. The number of nitrogens with two attached hydrogens (primary N) is 1. The minimum absolute atomic E-state index is 0.00726. The summed E-state index contributed by atoms with van der Waals surface area (Å²) in [6.45, 7) is 3.14. The molecular formula is C18H23N3O5. The Morgan fingerprint density at radius 1 is 1.35 bits per heavy atom. The van der Waals surface area contributed by atoms with E-state index >= 15 is 0 Å². The maximum atomic E-state index is 11.2. The molecule has 8 heteroatoms. The molecule has 140 valence electrons. The first-order valence-corrected chi connectivity index (χ1v) is 8.16. The van der Waals surface area contributed by atoms with E-state index in [4.69, 9.17) is 15.2 Å². The molecule has 0 fully saturated rings. The summed E-state index contributed by atoms with van der Waals surface area (Å²) in [5.74, 6) is 0.0203. The molecule has 0 radical (unpaired) electrons. The van der Waals surface area contributed by atoms with Gasteiger partial charge in [-0.1, -0.05) is 6.07 Å². The fourth-order valence-corrected chi connectivity index (χ4v) is 2.17. The van der Waals surface area contributed by atoms with Crippen molar-refractivity contribution >= 4 is 5.91 Å². The van der Waals surface area contributed by atoms with Gasteiger partial charge < -0.3 is 30.7 Å². The van der Waals surface area contributed by atoms with Crippen molar-refractivity contribution in [1.82, 2.24) is 10.3 Å². The number of aromatic hydroxyl groups is 1. The van der Waals surface area contributed by atoms with Crippen molar-refractivity contribution in [1.29, 1.82) is 0 Å². The lowest BCUT2D eigenvalue weighted by molar-refractivity contribution is 0.0996. The van der Waals surface area contributed by atoms with Gasteiger partial charge in [-0.05, 0) is 31.2 Å². The van der Waals surface area contributed by atoms with Gasteiger partial charge in [-0.15, -0.1) is 0 Å². The average molecular weight is 361 g/mol. The van der Waals surface area contributed by atoms with Crippen molar-refractivity contribution < 1.29 is 24.5 Å². The highest BCUT2D eigenvalue weighted by atomic mass is 16.5. The van der Waals surface area contributed by atoms with Crippen LogP contribution in [0.25, 0.3) is 0 Å². The molecule has 0 saturated carbocycles. The maximum Gasteiger partial charge on any atom is 0.252 e. The molecule has 1 aromatic heterocycles. The largest absolute Gasteiger partial charge is 0.507 e. The second-order valence-electron chi connectivity index (χ2n) is 5.69. The molecule has 1 heterocycles. The normalized spacial score (nSPS) is 11.8. The molecule has 5 N–H and O–H groups in total. The lowest BCUT2D eigenvalue weighted by Crippen LogP contribution is -2.33. The molecule has 1 unspecified atom stereocenters. The third-order valence-electron chi connectivity index (χ3n) is 3.53. The van der Waals surface area contributed by atoms with Crippen LogP contribution >= 0.6 is 0 Å². The van der Waals surface area contributed by atoms with Gasteiger partial charge in [0.1, 0.15) is 30.8 Å². The zero-order chi connectivity index (χ0) is 18.9. The number of phenols is 1. The Bertz CT molecular complexity index is 739. The van der Waals surface area contributed by atoms with Gasteiger partial charge in [0.2, 0.25) is 5.88 Å². The van der Waals surface area contributed by atoms with Crippen molar-refractivity contribution in [3.63, 3.8) is 0 Å². The molecule has 8 nitrogen and oxygen atoms in total. The predicted molar refractivity (Wildman–Crippen MR) is 95.5 cm³/mol. The maximum absolute atomic E-state index is 11.2. The molecule has 0 aliphatic heterocycles. The molecule has 1 atom stereocenters. The molecule has 2 aromatic rings. The van der Waals surface area contributed by atoms with Crippen LogP contribution in [0, 0.1) is 6.92 Å². The number of benzene rings is 1. The van der Waals surface area contributed by atoms with Gasteiger partial charge in [0, 0.05) is 24.8 Å². The second kappa shape index (κ2) is 9.59. The lowest BCUT2D eigenvalue weighted by Gasteiger charge is -2.14. The number of rotatable bonds is 10. The molecule has 0 aliphatic carbocycles. The third kappa shape index (κ3) is 5.91. The van der Waals surface area contributed by atoms with Gasteiger partial charge in [-0.2, -0.15) is 0 Å². The van der Waals surface area contributed by atoms with E-state index in [0.29, 0.717) is 31.3 Å². The van der Waals surface area contributed by atoms with Crippen LogP contribution in [0.15, 0.2) is 36.5 Å². The van der Waals surface area contributed by atoms with E-state index < -0.39 is 12.0 Å². The fourth-order valence-electron chi connectivity index (χ4n) is 2.17. The number of hydrogen-bond acceptors (Lipinski definition) is 7. The SMILES string of the molecule is Cc1cccnc1OCC(O)CNCCOc1ccc(O)c(C(N)=O)c1. The van der Waals surface area contributed by atoms with Gasteiger partial charge in [0.05, 0.1) is 5.56 Å². The van der Waals surface area contributed by atoms with Crippen molar-refractivity contribution in [2.24, 2.45) is 5.73 Å². The Labute approximate surface area is 151 Å². The van der Waals surface area contributed by atoms with Crippen LogP contribution < -0.4 is 20.5 Å². The van der Waals surface area contributed by atoms with E-state index in [0.717, 1.165) is 5.56 Å². The van der Waals surface area contributed by atoms with Gasteiger partial charge >= 0.3 is 0 Å². The van der Waals surface area contributed by atoms with Gasteiger partial charge in [-0.3, -0.25) is 4.79 Å². The summed E-state index contributed by atoms with van der Waals surface area (Å²) in [5.41, 5.74) is 6.08. The van der Waals surface area contributed by atoms with Crippen molar-refractivity contribution in [3.8, 4) is 17.4 Å². The van der Waals surface area contributed by atoms with E-state index in [-0.39, 0.29) is 17.9 Å². The molecule has 0 spiro atoms. The Morgan fingerprint density at radius 3 is 2.88 bits per heavy atom. The van der Waals surface area contributed by atoms with E-state index in [9.17, 15) is 15.0 Å². The highest BCUT2D eigenvalue weighted by molar-refractivity contribution is 5.95. The standard InChI is InChI=1S/C18H23N3O5/c1-12-3-2-6-21-18(12)26-11-13(22)10-20-7-8-25-14-4-5-16(23)15(9-14)17(19)24/h2-6,9,13,20,22-23H,7-8,10-11H2,1H3,(H2,19,24). The number of amides is 1. The Hall–Kier alpha value is -2.84. The van der Waals surface area contributed by atoms with Crippen molar-refractivity contribution in [3.05, 3.63) is 47.7 Å². The number of hydrogen-bond donors (Lipinski definition) is 4. The van der Waals surface area contributed by atoms with Gasteiger partial charge in [-0.25, -0.2) is 4.98 Å². The van der Waals surface area contributed by atoms with Crippen LogP contribution in [-0.4, -0.2) is 53.5 Å². The minimum atomic E-state index is -0.725. The number of aromatic nitrogens is 1. The summed E-state index contributed by atoms with van der Waals surface area (Å²) < 4.78 is 10.9. The first-order valence-electron chi connectivity index (χ1n) is 8.16. The summed E-state index contributed by atoms with van der Waals surface area (Å²) >= 11 is 0. The van der Waals surface area contributed by atoms with Crippen molar-refractivity contribution in [2.75, 3.05) is 26.3 Å². The molecule has 1 amide bonds. The number of pyridine rings is 1. The van der Waals surface area contributed by atoms with Crippen LogP contribution in [0.5, 0.6) is 17.4 Å². The van der Waals surface area contributed by atoms with E-state index in [1.165, 1.54) is 12.1 Å². The topological polar surface area (TPSA) is 127 Å². The minimum Gasteiger partial charge on any atom is -0.507 e. The molecule has 26 heavy (non-hydrogen) atoms. The molecule has 0 saturated heterocycles. The summed E-state index contributed by atoms with van der Waals surface area (Å²) in [5, 5.41) is 22.5. The van der Waals surface area contributed by atoms with Crippen molar-refractivity contribution in [2.45, 2.75) is 13.0 Å². The number of aliphatic hydroxyl groups excluding tert-OH is 1. The van der Waals surface area contributed by atoms with Crippen LogP contribution in [0.3, 0.4) is 0 Å². The van der Waals surface area contributed by atoms with E-state index in [2.05, 4.69) is 10.3 Å². The predicted octanol–water partition coefficient (Wildman–Crippen LogP) is 0.603. The molecule has 2 rings (SSSR count). The number of aryl methyl sites for hydroxylation is 1. The Morgan fingerprint density at radius 2 is 2.15 bits per heavy atom. The van der Waals surface area contributed by atoms with E-state index in [1.807, 2.05) is 19.1 Å². The van der Waals surface area contributed by atoms with Crippen LogP contribution in [0.1, 0.15) is 15.9 Å². The fraction of sp³-hybridized carbons (Fsp3) is 0.333. The Balaban J connectivity index is 1.65. The molecule has 0 aliphatic rings. The second-order valence-corrected chi connectivity index (χ2v) is 5.69.